The average molecular weight is 236 g/mol. The molecule has 0 atom stereocenters. The molecule has 1 rings (SSSR count). The maximum atomic E-state index is 10.9. The standard InChI is InChI=1S/C13H20N2O2/c1-3-13(17,4-2)9-15-11-7-5-10(6-8-11)12(14)16/h5-8,15,17H,3-4,9H2,1-2H3,(H2,14,16). The van der Waals surface area contributed by atoms with E-state index in [0.717, 1.165) is 5.69 Å². The molecule has 0 bridgehead atoms. The molecule has 0 saturated carbocycles. The SMILES string of the molecule is CCC(O)(CC)CNc1ccc(C(N)=O)cc1. The number of benzene rings is 1. The first-order valence-electron chi connectivity index (χ1n) is 5.87. The van der Waals surface area contributed by atoms with E-state index in [4.69, 9.17) is 5.73 Å². The predicted molar refractivity (Wildman–Crippen MR) is 69.0 cm³/mol. The smallest absolute Gasteiger partial charge is 0.248 e. The van der Waals surface area contributed by atoms with Crippen molar-refractivity contribution in [1.29, 1.82) is 0 Å². The highest BCUT2D eigenvalue weighted by atomic mass is 16.3. The number of aliphatic hydroxyl groups is 1. The maximum Gasteiger partial charge on any atom is 0.248 e. The van der Waals surface area contributed by atoms with Gasteiger partial charge in [-0.2, -0.15) is 0 Å². The van der Waals surface area contributed by atoms with Gasteiger partial charge in [0.15, 0.2) is 0 Å². The van der Waals surface area contributed by atoms with Crippen LogP contribution in [0.15, 0.2) is 24.3 Å². The molecule has 4 nitrogen and oxygen atoms in total. The maximum absolute atomic E-state index is 10.9. The molecule has 0 unspecified atom stereocenters. The van der Waals surface area contributed by atoms with E-state index in [0.29, 0.717) is 24.9 Å². The largest absolute Gasteiger partial charge is 0.388 e. The Labute approximate surface area is 102 Å². The van der Waals surface area contributed by atoms with E-state index < -0.39 is 11.5 Å². The number of anilines is 1. The molecule has 4 heteroatoms. The molecule has 0 saturated heterocycles. The Hall–Kier alpha value is -1.55. The number of carbonyl (C=O) groups excluding carboxylic acids is 1. The predicted octanol–water partition coefficient (Wildman–Crippen LogP) is 1.75. The number of hydrogen-bond acceptors (Lipinski definition) is 3. The molecule has 4 N–H and O–H groups in total. The fraction of sp³-hybridized carbons (Fsp3) is 0.462. The van der Waals surface area contributed by atoms with Crippen LogP contribution >= 0.6 is 0 Å². The molecule has 1 amide bonds. The van der Waals surface area contributed by atoms with Crippen molar-refractivity contribution in [3.8, 4) is 0 Å². The van der Waals surface area contributed by atoms with Gasteiger partial charge in [0, 0.05) is 17.8 Å². The number of amides is 1. The lowest BCUT2D eigenvalue weighted by Crippen LogP contribution is -2.35. The molecular weight excluding hydrogens is 216 g/mol. The summed E-state index contributed by atoms with van der Waals surface area (Å²) in [6, 6.07) is 6.90. The van der Waals surface area contributed by atoms with E-state index in [-0.39, 0.29) is 0 Å². The van der Waals surface area contributed by atoms with Gasteiger partial charge in [-0.05, 0) is 37.1 Å². The van der Waals surface area contributed by atoms with Crippen LogP contribution in [0.4, 0.5) is 5.69 Å². The Kier molecular flexibility index (Phi) is 4.52. The van der Waals surface area contributed by atoms with Gasteiger partial charge in [-0.15, -0.1) is 0 Å². The average Bonchev–Trinajstić information content (AvgIpc) is 2.36. The van der Waals surface area contributed by atoms with E-state index in [1.54, 1.807) is 24.3 Å². The molecule has 0 aliphatic heterocycles. The zero-order valence-corrected chi connectivity index (χ0v) is 10.4. The summed E-state index contributed by atoms with van der Waals surface area (Å²) in [7, 11) is 0. The summed E-state index contributed by atoms with van der Waals surface area (Å²) in [5.74, 6) is -0.435. The van der Waals surface area contributed by atoms with Crippen LogP contribution in [0.25, 0.3) is 0 Å². The Morgan fingerprint density at radius 2 is 1.82 bits per heavy atom. The van der Waals surface area contributed by atoms with E-state index in [9.17, 15) is 9.90 Å². The van der Waals surface area contributed by atoms with Gasteiger partial charge in [-0.25, -0.2) is 0 Å². The second kappa shape index (κ2) is 5.68. The number of nitrogens with one attached hydrogen (secondary N) is 1. The number of nitrogens with two attached hydrogens (primary N) is 1. The first kappa shape index (κ1) is 13.5. The minimum Gasteiger partial charge on any atom is -0.388 e. The molecule has 0 aliphatic carbocycles. The Balaban J connectivity index is 2.61. The lowest BCUT2D eigenvalue weighted by molar-refractivity contribution is 0.0457. The fourth-order valence-electron chi connectivity index (χ4n) is 1.52. The monoisotopic (exact) mass is 236 g/mol. The molecule has 94 valence electrons. The molecule has 0 aromatic heterocycles. The van der Waals surface area contributed by atoms with Gasteiger partial charge in [0.25, 0.3) is 0 Å². The van der Waals surface area contributed by atoms with Crippen LogP contribution in [0.2, 0.25) is 0 Å². The van der Waals surface area contributed by atoms with Crippen LogP contribution in [-0.4, -0.2) is 23.2 Å². The zero-order chi connectivity index (χ0) is 12.9. The highest BCUT2D eigenvalue weighted by Gasteiger charge is 2.21. The molecule has 0 fully saturated rings. The first-order chi connectivity index (χ1) is 8.00. The third-order valence-electron chi connectivity index (χ3n) is 3.11. The first-order valence-corrected chi connectivity index (χ1v) is 5.87. The van der Waals surface area contributed by atoms with Crippen molar-refractivity contribution in [2.24, 2.45) is 5.73 Å². The highest BCUT2D eigenvalue weighted by molar-refractivity contribution is 5.93. The van der Waals surface area contributed by atoms with Crippen LogP contribution in [0.5, 0.6) is 0 Å². The van der Waals surface area contributed by atoms with E-state index in [2.05, 4.69) is 5.32 Å². The molecule has 1 aromatic carbocycles. The zero-order valence-electron chi connectivity index (χ0n) is 10.4. The lowest BCUT2D eigenvalue weighted by atomic mass is 9.97. The number of primary amides is 1. The van der Waals surface area contributed by atoms with Gasteiger partial charge in [0.2, 0.25) is 5.91 Å². The van der Waals surface area contributed by atoms with Gasteiger partial charge in [0.1, 0.15) is 0 Å². The minimum atomic E-state index is -0.678. The minimum absolute atomic E-state index is 0.435. The van der Waals surface area contributed by atoms with E-state index >= 15 is 0 Å². The van der Waals surface area contributed by atoms with Crippen molar-refractivity contribution in [2.75, 3.05) is 11.9 Å². The summed E-state index contributed by atoms with van der Waals surface area (Å²) in [6.45, 7) is 4.42. The number of hydrogen-bond donors (Lipinski definition) is 3. The highest BCUT2D eigenvalue weighted by Crippen LogP contribution is 2.16. The van der Waals surface area contributed by atoms with Crippen molar-refractivity contribution in [3.05, 3.63) is 29.8 Å². The molecule has 17 heavy (non-hydrogen) atoms. The Bertz CT molecular complexity index is 370. The fourth-order valence-corrected chi connectivity index (χ4v) is 1.52. The molecule has 0 aliphatic rings. The lowest BCUT2D eigenvalue weighted by Gasteiger charge is -2.25. The number of rotatable bonds is 6. The van der Waals surface area contributed by atoms with E-state index in [1.165, 1.54) is 0 Å². The van der Waals surface area contributed by atoms with Crippen LogP contribution in [-0.2, 0) is 0 Å². The Morgan fingerprint density at radius 1 is 1.29 bits per heavy atom. The normalized spacial score (nSPS) is 11.2. The summed E-state index contributed by atoms with van der Waals surface area (Å²) in [6.07, 6.45) is 1.41. The molecule has 0 radical (unpaired) electrons. The molecule has 0 heterocycles. The van der Waals surface area contributed by atoms with Crippen LogP contribution < -0.4 is 11.1 Å². The van der Waals surface area contributed by atoms with Crippen LogP contribution in [0.3, 0.4) is 0 Å². The van der Waals surface area contributed by atoms with E-state index in [1.807, 2.05) is 13.8 Å². The molecule has 1 aromatic rings. The van der Waals surface area contributed by atoms with Crippen LogP contribution in [0, 0.1) is 0 Å². The second-order valence-electron chi connectivity index (χ2n) is 4.23. The quantitative estimate of drug-likeness (QED) is 0.704. The van der Waals surface area contributed by atoms with Crippen molar-refractivity contribution in [3.63, 3.8) is 0 Å². The summed E-state index contributed by atoms with van der Waals surface area (Å²) >= 11 is 0. The van der Waals surface area contributed by atoms with Crippen LogP contribution in [0.1, 0.15) is 37.0 Å². The molecule has 0 spiro atoms. The van der Waals surface area contributed by atoms with Gasteiger partial charge >= 0.3 is 0 Å². The van der Waals surface area contributed by atoms with Gasteiger partial charge < -0.3 is 16.2 Å². The van der Waals surface area contributed by atoms with Gasteiger partial charge in [0.05, 0.1) is 5.60 Å². The van der Waals surface area contributed by atoms with Crippen molar-refractivity contribution < 1.29 is 9.90 Å². The third-order valence-corrected chi connectivity index (χ3v) is 3.11. The third kappa shape index (κ3) is 3.75. The Morgan fingerprint density at radius 3 is 2.24 bits per heavy atom. The summed E-state index contributed by atoms with van der Waals surface area (Å²) in [4.78, 5) is 10.9. The molecular formula is C13H20N2O2. The number of carbonyl (C=O) groups is 1. The topological polar surface area (TPSA) is 75.3 Å². The summed E-state index contributed by atoms with van der Waals surface area (Å²) in [5, 5.41) is 13.2. The van der Waals surface area contributed by atoms with Crippen molar-refractivity contribution in [1.82, 2.24) is 0 Å². The van der Waals surface area contributed by atoms with Crippen molar-refractivity contribution in [2.45, 2.75) is 32.3 Å². The van der Waals surface area contributed by atoms with Gasteiger partial charge in [-0.1, -0.05) is 13.8 Å². The van der Waals surface area contributed by atoms with Crippen molar-refractivity contribution >= 4 is 11.6 Å². The van der Waals surface area contributed by atoms with Gasteiger partial charge in [-0.3, -0.25) is 4.79 Å². The second-order valence-corrected chi connectivity index (χ2v) is 4.23. The summed E-state index contributed by atoms with van der Waals surface area (Å²) in [5.41, 5.74) is 5.83. The summed E-state index contributed by atoms with van der Waals surface area (Å²) < 4.78 is 0.